The lowest BCUT2D eigenvalue weighted by Gasteiger charge is -2.19. The highest BCUT2D eigenvalue weighted by atomic mass is 16.1. The first-order valence-corrected chi connectivity index (χ1v) is 7.06. The van der Waals surface area contributed by atoms with E-state index in [1.165, 1.54) is 5.56 Å². The van der Waals surface area contributed by atoms with Gasteiger partial charge in [0.1, 0.15) is 0 Å². The van der Waals surface area contributed by atoms with Crippen LogP contribution in [-0.4, -0.2) is 19.5 Å². The maximum Gasteiger partial charge on any atom is 0.228 e. The molecule has 0 saturated carbocycles. The van der Waals surface area contributed by atoms with Crippen LogP contribution >= 0.6 is 0 Å². The van der Waals surface area contributed by atoms with E-state index in [2.05, 4.69) is 30.5 Å². The molecule has 0 heterocycles. The van der Waals surface area contributed by atoms with E-state index in [9.17, 15) is 4.79 Å². The average molecular weight is 262 g/mol. The van der Waals surface area contributed by atoms with Gasteiger partial charge in [-0.1, -0.05) is 39.0 Å². The molecule has 19 heavy (non-hydrogen) atoms. The van der Waals surface area contributed by atoms with Gasteiger partial charge >= 0.3 is 0 Å². The Labute approximate surface area is 116 Å². The zero-order chi connectivity index (χ0) is 14.4. The van der Waals surface area contributed by atoms with Crippen LogP contribution in [0.25, 0.3) is 0 Å². The van der Waals surface area contributed by atoms with Crippen molar-refractivity contribution in [3.63, 3.8) is 0 Å². The minimum atomic E-state index is 0.0182. The molecule has 2 N–H and O–H groups in total. The van der Waals surface area contributed by atoms with Gasteiger partial charge in [-0.25, -0.2) is 0 Å². The van der Waals surface area contributed by atoms with Crippen LogP contribution in [0.5, 0.6) is 0 Å². The largest absolute Gasteiger partial charge is 0.325 e. The van der Waals surface area contributed by atoms with Crippen molar-refractivity contribution in [2.24, 2.45) is 5.92 Å². The van der Waals surface area contributed by atoms with Gasteiger partial charge in [0.2, 0.25) is 5.91 Å². The minimum Gasteiger partial charge on any atom is -0.325 e. The van der Waals surface area contributed by atoms with E-state index in [1.807, 2.05) is 33.0 Å². The van der Waals surface area contributed by atoms with Gasteiger partial charge in [0.25, 0.3) is 0 Å². The Morgan fingerprint density at radius 2 is 2.00 bits per heavy atom. The predicted molar refractivity (Wildman–Crippen MR) is 81.6 cm³/mol. The van der Waals surface area contributed by atoms with Crippen LogP contribution in [0.1, 0.15) is 44.2 Å². The number of para-hydroxylation sites is 1. The fourth-order valence-electron chi connectivity index (χ4n) is 2.24. The van der Waals surface area contributed by atoms with E-state index in [1.54, 1.807) is 0 Å². The fraction of sp³-hybridized carbons (Fsp3) is 0.562. The lowest BCUT2D eigenvalue weighted by Crippen LogP contribution is -2.31. The van der Waals surface area contributed by atoms with E-state index in [0.717, 1.165) is 17.7 Å². The second-order valence-corrected chi connectivity index (χ2v) is 5.35. The molecule has 1 aromatic rings. The summed E-state index contributed by atoms with van der Waals surface area (Å²) in [7, 11) is 1.88. The number of anilines is 1. The number of carbonyl (C=O) groups excluding carboxylic acids is 1. The monoisotopic (exact) mass is 262 g/mol. The molecule has 106 valence electrons. The molecule has 0 radical (unpaired) electrons. The smallest absolute Gasteiger partial charge is 0.228 e. The van der Waals surface area contributed by atoms with Gasteiger partial charge in [-0.15, -0.1) is 0 Å². The molecule has 0 aliphatic rings. The summed E-state index contributed by atoms with van der Waals surface area (Å²) in [4.78, 5) is 12.3. The molecule has 1 aromatic carbocycles. The van der Waals surface area contributed by atoms with E-state index in [-0.39, 0.29) is 11.8 Å². The normalized spacial score (nSPS) is 12.5. The van der Waals surface area contributed by atoms with E-state index in [4.69, 9.17) is 0 Å². The maximum atomic E-state index is 12.3. The van der Waals surface area contributed by atoms with Gasteiger partial charge in [0.05, 0.1) is 5.92 Å². The third-order valence-electron chi connectivity index (χ3n) is 3.49. The highest BCUT2D eigenvalue weighted by molar-refractivity contribution is 5.94. The summed E-state index contributed by atoms with van der Waals surface area (Å²) in [5, 5.41) is 6.19. The Balaban J connectivity index is 2.95. The van der Waals surface area contributed by atoms with Crippen molar-refractivity contribution in [3.05, 3.63) is 29.3 Å². The number of amides is 1. The number of hydrogen-bond acceptors (Lipinski definition) is 2. The lowest BCUT2D eigenvalue weighted by molar-refractivity contribution is -0.119. The van der Waals surface area contributed by atoms with Crippen molar-refractivity contribution in [1.82, 2.24) is 5.32 Å². The van der Waals surface area contributed by atoms with Crippen molar-refractivity contribution in [1.29, 1.82) is 0 Å². The molecule has 3 nitrogen and oxygen atoms in total. The second-order valence-electron chi connectivity index (χ2n) is 5.35. The maximum absolute atomic E-state index is 12.3. The van der Waals surface area contributed by atoms with E-state index in [0.29, 0.717) is 12.5 Å². The third-order valence-corrected chi connectivity index (χ3v) is 3.49. The number of nitrogens with one attached hydrogen (secondary N) is 2. The molecule has 0 aliphatic heterocycles. The van der Waals surface area contributed by atoms with Crippen LogP contribution in [0.2, 0.25) is 0 Å². The zero-order valence-electron chi connectivity index (χ0n) is 12.7. The Hall–Kier alpha value is -1.35. The first kappa shape index (κ1) is 15.7. The van der Waals surface area contributed by atoms with Crippen molar-refractivity contribution < 1.29 is 4.79 Å². The highest BCUT2D eigenvalue weighted by Gasteiger charge is 2.18. The quantitative estimate of drug-likeness (QED) is 0.826. The summed E-state index contributed by atoms with van der Waals surface area (Å²) < 4.78 is 0. The van der Waals surface area contributed by atoms with Gasteiger partial charge in [0, 0.05) is 12.2 Å². The molecule has 0 saturated heterocycles. The molecule has 1 rings (SSSR count). The molecule has 0 aliphatic carbocycles. The van der Waals surface area contributed by atoms with Gasteiger partial charge in [0.15, 0.2) is 0 Å². The van der Waals surface area contributed by atoms with Crippen molar-refractivity contribution in [3.8, 4) is 0 Å². The standard InChI is InChI=1S/C16H26N2O/c1-6-13(10-17-5)16(19)18-15-12(4)8-7-9-14(15)11(2)3/h7-9,11,13,17H,6,10H2,1-5H3,(H,18,19). The van der Waals surface area contributed by atoms with Crippen molar-refractivity contribution in [2.75, 3.05) is 18.9 Å². The van der Waals surface area contributed by atoms with Gasteiger partial charge in [-0.05, 0) is 37.4 Å². The Morgan fingerprint density at radius 3 is 2.53 bits per heavy atom. The molecule has 0 fully saturated rings. The van der Waals surface area contributed by atoms with E-state index < -0.39 is 0 Å². The average Bonchev–Trinajstić information content (AvgIpc) is 2.37. The van der Waals surface area contributed by atoms with Crippen LogP contribution in [0.3, 0.4) is 0 Å². The number of carbonyl (C=O) groups is 1. The Bertz CT molecular complexity index is 427. The molecule has 0 spiro atoms. The van der Waals surface area contributed by atoms with Crippen LogP contribution in [0, 0.1) is 12.8 Å². The van der Waals surface area contributed by atoms with Crippen molar-refractivity contribution in [2.45, 2.75) is 40.0 Å². The van der Waals surface area contributed by atoms with E-state index >= 15 is 0 Å². The number of hydrogen-bond donors (Lipinski definition) is 2. The van der Waals surface area contributed by atoms with Gasteiger partial charge < -0.3 is 10.6 Å². The topological polar surface area (TPSA) is 41.1 Å². The number of rotatable bonds is 6. The highest BCUT2D eigenvalue weighted by Crippen LogP contribution is 2.27. The molecule has 3 heteroatoms. The summed E-state index contributed by atoms with van der Waals surface area (Å²) in [5.74, 6) is 0.525. The summed E-state index contributed by atoms with van der Waals surface area (Å²) in [5.41, 5.74) is 3.31. The Morgan fingerprint density at radius 1 is 1.32 bits per heavy atom. The molecule has 1 atom stereocenters. The van der Waals surface area contributed by atoms with Crippen molar-refractivity contribution >= 4 is 11.6 Å². The zero-order valence-corrected chi connectivity index (χ0v) is 12.7. The predicted octanol–water partition coefficient (Wildman–Crippen LogP) is 3.30. The third kappa shape index (κ3) is 4.06. The minimum absolute atomic E-state index is 0.0182. The molecular weight excluding hydrogens is 236 g/mol. The summed E-state index contributed by atoms with van der Waals surface area (Å²) in [6.07, 6.45) is 0.843. The van der Waals surface area contributed by atoms with Crippen LogP contribution < -0.4 is 10.6 Å². The molecule has 1 amide bonds. The summed E-state index contributed by atoms with van der Waals surface area (Å²) >= 11 is 0. The van der Waals surface area contributed by atoms with Gasteiger partial charge in [-0.2, -0.15) is 0 Å². The Kier molecular flexibility index (Phi) is 6.03. The summed E-state index contributed by atoms with van der Waals surface area (Å²) in [6, 6.07) is 6.18. The first-order valence-electron chi connectivity index (χ1n) is 7.06. The van der Waals surface area contributed by atoms with Crippen LogP contribution in [0.15, 0.2) is 18.2 Å². The number of benzene rings is 1. The van der Waals surface area contributed by atoms with Crippen LogP contribution in [-0.2, 0) is 4.79 Å². The first-order chi connectivity index (χ1) is 9.01. The number of aryl methyl sites for hydroxylation is 1. The van der Waals surface area contributed by atoms with Gasteiger partial charge in [-0.3, -0.25) is 4.79 Å². The second kappa shape index (κ2) is 7.29. The van der Waals surface area contributed by atoms with Crippen LogP contribution in [0.4, 0.5) is 5.69 Å². The molecular formula is C16H26N2O. The molecule has 1 unspecified atom stereocenters. The lowest BCUT2D eigenvalue weighted by atomic mass is 9.97. The molecule has 0 aromatic heterocycles. The fourth-order valence-corrected chi connectivity index (χ4v) is 2.24. The SMILES string of the molecule is CCC(CNC)C(=O)Nc1c(C)cccc1C(C)C. The summed E-state index contributed by atoms with van der Waals surface area (Å²) in [6.45, 7) is 9.10. The molecule has 0 bridgehead atoms.